The van der Waals surface area contributed by atoms with E-state index >= 15 is 0 Å². The molecule has 0 aliphatic heterocycles. The zero-order valence-corrected chi connectivity index (χ0v) is 6.86. The molecule has 0 rings (SSSR count). The van der Waals surface area contributed by atoms with Crippen LogP contribution in [0.15, 0.2) is 0 Å². The Morgan fingerprint density at radius 3 is 2.60 bits per heavy atom. The van der Waals surface area contributed by atoms with Crippen LogP contribution in [0.5, 0.6) is 0 Å². The van der Waals surface area contributed by atoms with E-state index in [1.165, 1.54) is 0 Å². The van der Waals surface area contributed by atoms with Crippen molar-refractivity contribution in [3.05, 3.63) is 0 Å². The lowest BCUT2D eigenvalue weighted by molar-refractivity contribution is -0.311. The summed E-state index contributed by atoms with van der Waals surface area (Å²) in [5.41, 5.74) is 0. The van der Waals surface area contributed by atoms with Crippen molar-refractivity contribution in [3.63, 3.8) is 0 Å². The molecule has 0 fully saturated rings. The van der Waals surface area contributed by atoms with E-state index in [4.69, 9.17) is 11.6 Å². The van der Waals surface area contributed by atoms with Gasteiger partial charge in [0.2, 0.25) is 0 Å². The first-order chi connectivity index (χ1) is 4.72. The Balaban J connectivity index is 3.50. The van der Waals surface area contributed by atoms with Crippen molar-refractivity contribution in [3.8, 4) is 0 Å². The molecule has 1 unspecified atom stereocenters. The van der Waals surface area contributed by atoms with Crippen molar-refractivity contribution in [1.82, 2.24) is 0 Å². The minimum absolute atomic E-state index is 0.169. The Labute approximate surface area is 66.2 Å². The van der Waals surface area contributed by atoms with Gasteiger partial charge in [0, 0.05) is 17.8 Å². The summed E-state index contributed by atoms with van der Waals surface area (Å²) in [7, 11) is 0. The van der Waals surface area contributed by atoms with Crippen molar-refractivity contribution < 1.29 is 9.90 Å². The zero-order valence-electron chi connectivity index (χ0n) is 6.10. The number of unbranched alkanes of at least 4 members (excludes halogenated alkanes) is 1. The van der Waals surface area contributed by atoms with E-state index in [0.717, 1.165) is 12.8 Å². The van der Waals surface area contributed by atoms with E-state index in [1.54, 1.807) is 0 Å². The molecule has 0 aliphatic carbocycles. The molecular weight excluding hydrogens is 152 g/mol. The lowest BCUT2D eigenvalue weighted by Crippen LogP contribution is -2.32. The molecule has 0 heterocycles. The normalized spacial score (nSPS) is 13.0. The first-order valence-electron chi connectivity index (χ1n) is 3.49. The number of halogens is 1. The number of alkyl halides is 1. The standard InChI is InChI=1S/C7H13ClO2/c1-2-3-4-6(5-8)7(9)10/h6H,2-5H2,1H3,(H,9,10)/p-1. The fraction of sp³-hybridized carbons (Fsp3) is 0.857. The third kappa shape index (κ3) is 3.72. The molecule has 0 aliphatic rings. The molecule has 0 saturated carbocycles. The molecule has 0 radical (unpaired) electrons. The number of aliphatic carboxylic acids is 1. The second kappa shape index (κ2) is 5.54. The molecule has 1 atom stereocenters. The minimum atomic E-state index is -1.02. The van der Waals surface area contributed by atoms with Gasteiger partial charge in [0.1, 0.15) is 0 Å². The van der Waals surface area contributed by atoms with Gasteiger partial charge in [-0.3, -0.25) is 0 Å². The average molecular weight is 164 g/mol. The first kappa shape index (κ1) is 9.76. The smallest absolute Gasteiger partial charge is 0.0457 e. The molecule has 0 bridgehead atoms. The summed E-state index contributed by atoms with van der Waals surface area (Å²) >= 11 is 5.38. The summed E-state index contributed by atoms with van der Waals surface area (Å²) < 4.78 is 0. The van der Waals surface area contributed by atoms with Crippen LogP contribution >= 0.6 is 11.6 Å². The molecule has 0 aromatic carbocycles. The molecule has 0 aromatic heterocycles. The van der Waals surface area contributed by atoms with Crippen molar-refractivity contribution >= 4 is 17.6 Å². The predicted octanol–water partition coefficient (Wildman–Crippen LogP) is 0.781. The average Bonchev–Trinajstić information content (AvgIpc) is 1.89. The second-order valence-corrected chi connectivity index (χ2v) is 2.62. The lowest BCUT2D eigenvalue weighted by atomic mass is 10.1. The maximum Gasteiger partial charge on any atom is 0.0457 e. The zero-order chi connectivity index (χ0) is 7.98. The molecule has 0 N–H and O–H groups in total. The highest BCUT2D eigenvalue weighted by Gasteiger charge is 2.06. The van der Waals surface area contributed by atoms with Crippen LogP contribution in [0, 0.1) is 5.92 Å². The number of carboxylic acid groups (broad SMARTS) is 1. The number of carbonyl (C=O) groups is 1. The van der Waals surface area contributed by atoms with Crippen LogP contribution in [0.2, 0.25) is 0 Å². The highest BCUT2D eigenvalue weighted by molar-refractivity contribution is 6.19. The number of carbonyl (C=O) groups excluding carboxylic acids is 1. The summed E-state index contributed by atoms with van der Waals surface area (Å²) in [4.78, 5) is 10.2. The third-order valence-corrected chi connectivity index (χ3v) is 1.80. The van der Waals surface area contributed by atoms with Crippen LogP contribution in [0.25, 0.3) is 0 Å². The van der Waals surface area contributed by atoms with Gasteiger partial charge in [0.25, 0.3) is 0 Å². The number of carboxylic acids is 1. The Morgan fingerprint density at radius 1 is 1.70 bits per heavy atom. The van der Waals surface area contributed by atoms with Gasteiger partial charge >= 0.3 is 0 Å². The summed E-state index contributed by atoms with van der Waals surface area (Å²) in [6.45, 7) is 2.01. The van der Waals surface area contributed by atoms with Crippen LogP contribution in [0.3, 0.4) is 0 Å². The van der Waals surface area contributed by atoms with Crippen molar-refractivity contribution in [2.75, 3.05) is 5.88 Å². The summed E-state index contributed by atoms with van der Waals surface area (Å²) in [6, 6.07) is 0. The fourth-order valence-corrected chi connectivity index (χ4v) is 0.989. The van der Waals surface area contributed by atoms with Gasteiger partial charge in [-0.25, -0.2) is 0 Å². The van der Waals surface area contributed by atoms with Crippen molar-refractivity contribution in [1.29, 1.82) is 0 Å². The molecule has 2 nitrogen and oxygen atoms in total. The molecule has 60 valence electrons. The van der Waals surface area contributed by atoms with Crippen molar-refractivity contribution in [2.24, 2.45) is 5.92 Å². The number of rotatable bonds is 5. The van der Waals surface area contributed by atoms with Gasteiger partial charge in [-0.1, -0.05) is 19.8 Å². The second-order valence-electron chi connectivity index (χ2n) is 2.31. The van der Waals surface area contributed by atoms with Gasteiger partial charge in [-0.05, 0) is 6.42 Å². The largest absolute Gasteiger partial charge is 0.550 e. The third-order valence-electron chi connectivity index (χ3n) is 1.43. The van der Waals surface area contributed by atoms with Gasteiger partial charge in [-0.15, -0.1) is 11.6 Å². The van der Waals surface area contributed by atoms with Gasteiger partial charge in [0.15, 0.2) is 0 Å². The lowest BCUT2D eigenvalue weighted by Gasteiger charge is -2.13. The van der Waals surface area contributed by atoms with Gasteiger partial charge in [0.05, 0.1) is 0 Å². The Hall–Kier alpha value is -0.240. The van der Waals surface area contributed by atoms with Crippen LogP contribution in [-0.4, -0.2) is 11.8 Å². The highest BCUT2D eigenvalue weighted by atomic mass is 35.5. The van der Waals surface area contributed by atoms with E-state index in [9.17, 15) is 9.90 Å². The Kier molecular flexibility index (Phi) is 5.40. The molecule has 0 spiro atoms. The maximum absolute atomic E-state index is 10.2. The molecule has 0 saturated heterocycles. The van der Waals surface area contributed by atoms with E-state index < -0.39 is 11.9 Å². The van der Waals surface area contributed by atoms with Crippen molar-refractivity contribution in [2.45, 2.75) is 26.2 Å². The van der Waals surface area contributed by atoms with E-state index in [0.29, 0.717) is 6.42 Å². The number of hydrogen-bond donors (Lipinski definition) is 0. The predicted molar refractivity (Wildman–Crippen MR) is 38.7 cm³/mol. The Bertz CT molecular complexity index is 104. The topological polar surface area (TPSA) is 40.1 Å². The monoisotopic (exact) mass is 163 g/mol. The summed E-state index contributed by atoms with van der Waals surface area (Å²) in [5, 5.41) is 10.2. The van der Waals surface area contributed by atoms with Gasteiger partial charge < -0.3 is 9.90 Å². The molecule has 0 aromatic rings. The summed E-state index contributed by atoms with van der Waals surface area (Å²) in [6.07, 6.45) is 2.55. The quantitative estimate of drug-likeness (QED) is 0.562. The fourth-order valence-electron chi connectivity index (χ4n) is 0.709. The molecule has 3 heteroatoms. The maximum atomic E-state index is 10.2. The van der Waals surface area contributed by atoms with Crippen LogP contribution in [0.4, 0.5) is 0 Å². The van der Waals surface area contributed by atoms with E-state index in [1.807, 2.05) is 6.92 Å². The number of hydrogen-bond acceptors (Lipinski definition) is 2. The van der Waals surface area contributed by atoms with Crippen LogP contribution in [-0.2, 0) is 4.79 Å². The highest BCUT2D eigenvalue weighted by Crippen LogP contribution is 2.08. The van der Waals surface area contributed by atoms with E-state index in [2.05, 4.69) is 0 Å². The minimum Gasteiger partial charge on any atom is -0.550 e. The summed E-state index contributed by atoms with van der Waals surface area (Å²) in [5.74, 6) is -1.31. The van der Waals surface area contributed by atoms with Gasteiger partial charge in [-0.2, -0.15) is 0 Å². The van der Waals surface area contributed by atoms with Crippen LogP contribution in [0.1, 0.15) is 26.2 Å². The van der Waals surface area contributed by atoms with E-state index in [-0.39, 0.29) is 5.88 Å². The molecule has 10 heavy (non-hydrogen) atoms. The molecular formula is C7H12ClO2-. The SMILES string of the molecule is CCCCC(CCl)C(=O)[O-]. The van der Waals surface area contributed by atoms with Crippen LogP contribution < -0.4 is 5.11 Å². The first-order valence-corrected chi connectivity index (χ1v) is 4.02. The molecule has 0 amide bonds. The Morgan fingerprint density at radius 2 is 2.30 bits per heavy atom.